The topological polar surface area (TPSA) is 44.9 Å². The maximum absolute atomic E-state index is 12.1. The predicted molar refractivity (Wildman–Crippen MR) is 84.2 cm³/mol. The van der Waals surface area contributed by atoms with Crippen molar-refractivity contribution in [2.45, 2.75) is 39.2 Å². The van der Waals surface area contributed by atoms with Crippen molar-refractivity contribution in [2.24, 2.45) is 11.8 Å². The lowest BCUT2D eigenvalue weighted by Crippen LogP contribution is -2.35. The molecule has 0 radical (unpaired) electrons. The first-order valence-electron chi connectivity index (χ1n) is 7.54. The van der Waals surface area contributed by atoms with Gasteiger partial charge >= 0.3 is 0 Å². The molecule has 3 nitrogen and oxygen atoms in total. The van der Waals surface area contributed by atoms with E-state index in [9.17, 15) is 4.79 Å². The van der Waals surface area contributed by atoms with Crippen LogP contribution in [0.1, 0.15) is 33.1 Å². The number of H-pyrrole nitrogens is 1. The van der Waals surface area contributed by atoms with Crippen LogP contribution in [0.25, 0.3) is 10.8 Å². The molecule has 1 aliphatic rings. The summed E-state index contributed by atoms with van der Waals surface area (Å²) in [5.41, 5.74) is -0.0119. The van der Waals surface area contributed by atoms with Gasteiger partial charge in [0.25, 0.3) is 5.56 Å². The Morgan fingerprint density at radius 2 is 2.00 bits per heavy atom. The number of aromatic nitrogens is 1. The standard InChI is InChI=1S/C17H22N2O/c1-11-6-5-9-15(12(11)2)18-16-10-13-7-3-4-8-14(13)17(20)19-16/h3-4,7-8,10-12,15H,5-6,9H2,1-2H3,(H2,18,19,20). The van der Waals surface area contributed by atoms with Crippen LogP contribution in [-0.2, 0) is 0 Å². The summed E-state index contributed by atoms with van der Waals surface area (Å²) < 4.78 is 0. The van der Waals surface area contributed by atoms with Crippen LogP contribution < -0.4 is 10.9 Å². The molecule has 1 aromatic heterocycles. The quantitative estimate of drug-likeness (QED) is 0.872. The largest absolute Gasteiger partial charge is 0.369 e. The van der Waals surface area contributed by atoms with Crippen molar-refractivity contribution in [3.63, 3.8) is 0 Å². The smallest absolute Gasteiger partial charge is 0.257 e. The third-order valence-electron chi connectivity index (χ3n) is 4.80. The molecule has 1 heterocycles. The number of nitrogens with one attached hydrogen (secondary N) is 2. The van der Waals surface area contributed by atoms with E-state index in [1.807, 2.05) is 30.3 Å². The Kier molecular flexibility index (Phi) is 3.51. The SMILES string of the molecule is CC1CCCC(Nc2cc3ccccc3c(=O)[nH]2)C1C. The molecule has 0 spiro atoms. The number of rotatable bonds is 2. The summed E-state index contributed by atoms with van der Waals surface area (Å²) in [4.78, 5) is 15.1. The van der Waals surface area contributed by atoms with E-state index in [2.05, 4.69) is 24.1 Å². The number of fused-ring (bicyclic) bond motifs is 1. The third kappa shape index (κ3) is 2.45. The molecule has 0 aliphatic heterocycles. The van der Waals surface area contributed by atoms with Crippen molar-refractivity contribution >= 4 is 16.6 Å². The van der Waals surface area contributed by atoms with E-state index in [1.165, 1.54) is 19.3 Å². The molecular weight excluding hydrogens is 248 g/mol. The van der Waals surface area contributed by atoms with Crippen LogP contribution >= 0.6 is 0 Å². The van der Waals surface area contributed by atoms with E-state index >= 15 is 0 Å². The second-order valence-electron chi connectivity index (χ2n) is 6.12. The first kappa shape index (κ1) is 13.2. The molecular formula is C17H22N2O. The van der Waals surface area contributed by atoms with E-state index < -0.39 is 0 Å². The average Bonchev–Trinajstić information content (AvgIpc) is 2.44. The minimum Gasteiger partial charge on any atom is -0.369 e. The molecule has 1 aromatic carbocycles. The summed E-state index contributed by atoms with van der Waals surface area (Å²) in [6.45, 7) is 4.63. The fraction of sp³-hybridized carbons (Fsp3) is 0.471. The second-order valence-corrected chi connectivity index (χ2v) is 6.12. The number of aromatic amines is 1. The van der Waals surface area contributed by atoms with E-state index in [-0.39, 0.29) is 5.56 Å². The number of hydrogen-bond donors (Lipinski definition) is 2. The molecule has 3 unspecified atom stereocenters. The Morgan fingerprint density at radius 3 is 2.85 bits per heavy atom. The lowest BCUT2D eigenvalue weighted by atomic mass is 9.78. The van der Waals surface area contributed by atoms with Crippen LogP contribution in [0.4, 0.5) is 5.82 Å². The zero-order valence-corrected chi connectivity index (χ0v) is 12.1. The summed E-state index contributed by atoms with van der Waals surface area (Å²) in [6.07, 6.45) is 3.76. The summed E-state index contributed by atoms with van der Waals surface area (Å²) >= 11 is 0. The van der Waals surface area contributed by atoms with E-state index in [1.54, 1.807) is 0 Å². The Labute approximate surface area is 119 Å². The highest BCUT2D eigenvalue weighted by atomic mass is 16.1. The molecule has 0 saturated heterocycles. The van der Waals surface area contributed by atoms with Crippen molar-refractivity contribution in [1.29, 1.82) is 0 Å². The Morgan fingerprint density at radius 1 is 1.20 bits per heavy atom. The monoisotopic (exact) mass is 270 g/mol. The maximum atomic E-state index is 12.1. The van der Waals surface area contributed by atoms with Gasteiger partial charge in [-0.1, -0.05) is 44.9 Å². The van der Waals surface area contributed by atoms with Crippen LogP contribution in [-0.4, -0.2) is 11.0 Å². The van der Waals surface area contributed by atoms with Gasteiger partial charge < -0.3 is 10.3 Å². The minimum atomic E-state index is -0.0119. The van der Waals surface area contributed by atoms with Crippen molar-refractivity contribution in [3.8, 4) is 0 Å². The fourth-order valence-electron chi connectivity index (χ4n) is 3.27. The molecule has 3 atom stereocenters. The van der Waals surface area contributed by atoms with Gasteiger partial charge in [-0.15, -0.1) is 0 Å². The van der Waals surface area contributed by atoms with Crippen molar-refractivity contribution in [2.75, 3.05) is 5.32 Å². The van der Waals surface area contributed by atoms with E-state index in [0.29, 0.717) is 12.0 Å². The summed E-state index contributed by atoms with van der Waals surface area (Å²) in [5, 5.41) is 5.29. The van der Waals surface area contributed by atoms with Crippen LogP contribution in [0.15, 0.2) is 35.1 Å². The Hall–Kier alpha value is -1.77. The molecule has 2 aromatic rings. The van der Waals surface area contributed by atoms with Gasteiger partial charge in [-0.25, -0.2) is 0 Å². The molecule has 1 saturated carbocycles. The highest BCUT2D eigenvalue weighted by Crippen LogP contribution is 2.31. The lowest BCUT2D eigenvalue weighted by Gasteiger charge is -2.35. The van der Waals surface area contributed by atoms with Gasteiger partial charge in [0.2, 0.25) is 0 Å². The summed E-state index contributed by atoms with van der Waals surface area (Å²) in [5.74, 6) is 2.23. The lowest BCUT2D eigenvalue weighted by molar-refractivity contribution is 0.253. The molecule has 0 amide bonds. The molecule has 106 valence electrons. The van der Waals surface area contributed by atoms with Gasteiger partial charge in [0, 0.05) is 11.4 Å². The van der Waals surface area contributed by atoms with Gasteiger partial charge in [-0.2, -0.15) is 0 Å². The van der Waals surface area contributed by atoms with Crippen LogP contribution in [0.5, 0.6) is 0 Å². The second kappa shape index (κ2) is 5.31. The van der Waals surface area contributed by atoms with Crippen LogP contribution in [0, 0.1) is 11.8 Å². The van der Waals surface area contributed by atoms with Crippen LogP contribution in [0.2, 0.25) is 0 Å². The molecule has 1 fully saturated rings. The fourth-order valence-corrected chi connectivity index (χ4v) is 3.27. The molecule has 20 heavy (non-hydrogen) atoms. The van der Waals surface area contributed by atoms with Gasteiger partial charge in [0.15, 0.2) is 0 Å². The maximum Gasteiger partial charge on any atom is 0.257 e. The van der Waals surface area contributed by atoms with E-state index in [0.717, 1.165) is 22.5 Å². The van der Waals surface area contributed by atoms with Crippen molar-refractivity contribution in [3.05, 3.63) is 40.7 Å². The highest BCUT2D eigenvalue weighted by Gasteiger charge is 2.27. The molecule has 3 rings (SSSR count). The predicted octanol–water partition coefficient (Wildman–Crippen LogP) is 3.76. The van der Waals surface area contributed by atoms with E-state index in [4.69, 9.17) is 0 Å². The molecule has 0 bridgehead atoms. The average molecular weight is 270 g/mol. The van der Waals surface area contributed by atoms with Gasteiger partial charge in [0.05, 0.1) is 0 Å². The number of pyridine rings is 1. The van der Waals surface area contributed by atoms with Crippen molar-refractivity contribution < 1.29 is 0 Å². The number of benzene rings is 1. The van der Waals surface area contributed by atoms with Gasteiger partial charge in [0.1, 0.15) is 5.82 Å². The zero-order valence-electron chi connectivity index (χ0n) is 12.1. The Bertz CT molecular complexity index is 661. The highest BCUT2D eigenvalue weighted by molar-refractivity contribution is 5.83. The van der Waals surface area contributed by atoms with Crippen LogP contribution in [0.3, 0.4) is 0 Å². The molecule has 1 aliphatic carbocycles. The van der Waals surface area contributed by atoms with Gasteiger partial charge in [-0.3, -0.25) is 4.79 Å². The first-order chi connectivity index (χ1) is 9.65. The number of anilines is 1. The molecule has 2 N–H and O–H groups in total. The normalized spacial score (nSPS) is 26.6. The summed E-state index contributed by atoms with van der Waals surface area (Å²) in [7, 11) is 0. The van der Waals surface area contributed by atoms with Gasteiger partial charge in [-0.05, 0) is 35.8 Å². The van der Waals surface area contributed by atoms with Crippen molar-refractivity contribution in [1.82, 2.24) is 4.98 Å². The first-order valence-corrected chi connectivity index (χ1v) is 7.54. The minimum absolute atomic E-state index is 0.0119. The summed E-state index contributed by atoms with van der Waals surface area (Å²) in [6, 6.07) is 10.2. The third-order valence-corrected chi connectivity index (χ3v) is 4.80. The Balaban J connectivity index is 1.89. The zero-order chi connectivity index (χ0) is 14.1. The number of hydrogen-bond acceptors (Lipinski definition) is 2. The molecule has 3 heteroatoms.